The van der Waals surface area contributed by atoms with Gasteiger partial charge < -0.3 is 5.32 Å². The molecule has 0 saturated carbocycles. The number of thioether (sulfide) groups is 1. The standard InChI is InChI=1S/C14H13BrN2OS/c1-2-19-12-8-4-3-6-10(12)17-14(18)11-7-5-9-13(15)16-11/h3-9H,2H2,1H3,(H,17,18). The molecule has 1 aromatic heterocycles. The lowest BCUT2D eigenvalue weighted by molar-refractivity contribution is 0.102. The smallest absolute Gasteiger partial charge is 0.274 e. The summed E-state index contributed by atoms with van der Waals surface area (Å²) in [4.78, 5) is 17.3. The van der Waals surface area contributed by atoms with E-state index in [1.54, 1.807) is 30.0 Å². The Morgan fingerprint density at radius 2 is 2.05 bits per heavy atom. The summed E-state index contributed by atoms with van der Waals surface area (Å²) in [6.07, 6.45) is 0. The second-order valence-corrected chi connectivity index (χ2v) is 5.85. The molecule has 2 aromatic rings. The first kappa shape index (κ1) is 14.1. The number of benzene rings is 1. The number of rotatable bonds is 4. The zero-order chi connectivity index (χ0) is 13.7. The molecule has 1 amide bonds. The van der Waals surface area contributed by atoms with Crippen LogP contribution in [0.15, 0.2) is 52.0 Å². The molecule has 0 radical (unpaired) electrons. The Labute approximate surface area is 125 Å². The van der Waals surface area contributed by atoms with Crippen molar-refractivity contribution in [3.8, 4) is 0 Å². The SMILES string of the molecule is CCSc1ccccc1NC(=O)c1cccc(Br)n1. The first-order valence-corrected chi connectivity index (χ1v) is 7.64. The van der Waals surface area contributed by atoms with Crippen LogP contribution in [-0.2, 0) is 0 Å². The Kier molecular flexibility index (Phi) is 4.99. The fraction of sp³-hybridized carbons (Fsp3) is 0.143. The second-order valence-electron chi connectivity index (χ2n) is 3.73. The third-order valence-corrected chi connectivity index (χ3v) is 3.78. The molecule has 5 heteroatoms. The van der Waals surface area contributed by atoms with Gasteiger partial charge in [0.05, 0.1) is 5.69 Å². The highest BCUT2D eigenvalue weighted by atomic mass is 79.9. The largest absolute Gasteiger partial charge is 0.320 e. The summed E-state index contributed by atoms with van der Waals surface area (Å²) < 4.78 is 0.649. The van der Waals surface area contributed by atoms with E-state index in [2.05, 4.69) is 33.2 Å². The molecule has 98 valence electrons. The number of anilines is 1. The van der Waals surface area contributed by atoms with Crippen LogP contribution in [-0.4, -0.2) is 16.6 Å². The van der Waals surface area contributed by atoms with E-state index in [0.29, 0.717) is 10.3 Å². The van der Waals surface area contributed by atoms with Crippen LogP contribution in [0.25, 0.3) is 0 Å². The minimum absolute atomic E-state index is 0.203. The first-order valence-electron chi connectivity index (χ1n) is 5.86. The molecule has 0 unspecified atom stereocenters. The van der Waals surface area contributed by atoms with E-state index >= 15 is 0 Å². The summed E-state index contributed by atoms with van der Waals surface area (Å²) in [5.74, 6) is 0.757. The number of carbonyl (C=O) groups excluding carboxylic acids is 1. The molecule has 0 bridgehead atoms. The molecule has 19 heavy (non-hydrogen) atoms. The number of nitrogens with one attached hydrogen (secondary N) is 1. The molecule has 0 aliphatic carbocycles. The maximum Gasteiger partial charge on any atom is 0.274 e. The van der Waals surface area contributed by atoms with Crippen LogP contribution >= 0.6 is 27.7 Å². The molecule has 0 atom stereocenters. The summed E-state index contributed by atoms with van der Waals surface area (Å²) in [5, 5.41) is 2.90. The molecule has 0 aliphatic rings. The minimum atomic E-state index is -0.203. The highest BCUT2D eigenvalue weighted by Gasteiger charge is 2.10. The normalized spacial score (nSPS) is 10.2. The zero-order valence-electron chi connectivity index (χ0n) is 10.4. The monoisotopic (exact) mass is 336 g/mol. The number of hydrogen-bond donors (Lipinski definition) is 1. The fourth-order valence-corrected chi connectivity index (χ4v) is 2.68. The predicted molar refractivity (Wildman–Crippen MR) is 82.7 cm³/mol. The summed E-state index contributed by atoms with van der Waals surface area (Å²) in [6, 6.07) is 13.0. The van der Waals surface area contributed by atoms with Gasteiger partial charge in [-0.1, -0.05) is 25.1 Å². The molecule has 0 saturated heterocycles. The molecule has 1 aromatic carbocycles. The number of hydrogen-bond acceptors (Lipinski definition) is 3. The van der Waals surface area contributed by atoms with Crippen LogP contribution in [0.3, 0.4) is 0 Å². The van der Waals surface area contributed by atoms with Gasteiger partial charge in [-0.25, -0.2) is 4.98 Å². The Hall–Kier alpha value is -1.33. The number of amides is 1. The van der Waals surface area contributed by atoms with Gasteiger partial charge in [0.15, 0.2) is 0 Å². The molecule has 2 rings (SSSR count). The summed E-state index contributed by atoms with van der Waals surface area (Å²) in [6.45, 7) is 2.08. The topological polar surface area (TPSA) is 42.0 Å². The van der Waals surface area contributed by atoms with Crippen molar-refractivity contribution in [2.75, 3.05) is 11.1 Å². The van der Waals surface area contributed by atoms with Gasteiger partial charge in [0.25, 0.3) is 5.91 Å². The van der Waals surface area contributed by atoms with Crippen molar-refractivity contribution >= 4 is 39.3 Å². The summed E-state index contributed by atoms with van der Waals surface area (Å²) >= 11 is 4.96. The predicted octanol–water partition coefficient (Wildman–Crippen LogP) is 4.21. The second kappa shape index (κ2) is 6.73. The van der Waals surface area contributed by atoms with Crippen molar-refractivity contribution < 1.29 is 4.79 Å². The van der Waals surface area contributed by atoms with E-state index < -0.39 is 0 Å². The molecular formula is C14H13BrN2OS. The molecular weight excluding hydrogens is 324 g/mol. The molecule has 1 N–H and O–H groups in total. The van der Waals surface area contributed by atoms with Crippen molar-refractivity contribution in [1.29, 1.82) is 0 Å². The third kappa shape index (κ3) is 3.81. The third-order valence-electron chi connectivity index (χ3n) is 2.38. The zero-order valence-corrected chi connectivity index (χ0v) is 12.8. The first-order chi connectivity index (χ1) is 9.20. The number of pyridine rings is 1. The van der Waals surface area contributed by atoms with Crippen LogP contribution < -0.4 is 5.32 Å². The van der Waals surface area contributed by atoms with Gasteiger partial charge in [-0.15, -0.1) is 11.8 Å². The minimum Gasteiger partial charge on any atom is -0.320 e. The Morgan fingerprint density at radius 1 is 1.26 bits per heavy atom. The Morgan fingerprint density at radius 3 is 2.79 bits per heavy atom. The average Bonchev–Trinajstić information content (AvgIpc) is 2.41. The van der Waals surface area contributed by atoms with Crippen molar-refractivity contribution in [2.24, 2.45) is 0 Å². The maximum atomic E-state index is 12.1. The lowest BCUT2D eigenvalue weighted by Gasteiger charge is -2.09. The van der Waals surface area contributed by atoms with Crippen molar-refractivity contribution in [3.63, 3.8) is 0 Å². The molecule has 1 heterocycles. The number of carbonyl (C=O) groups is 1. The van der Waals surface area contributed by atoms with Gasteiger partial charge in [-0.2, -0.15) is 0 Å². The highest BCUT2D eigenvalue weighted by Crippen LogP contribution is 2.26. The van der Waals surface area contributed by atoms with Gasteiger partial charge in [-0.05, 0) is 45.9 Å². The lowest BCUT2D eigenvalue weighted by atomic mass is 10.3. The van der Waals surface area contributed by atoms with E-state index in [-0.39, 0.29) is 5.91 Å². The lowest BCUT2D eigenvalue weighted by Crippen LogP contribution is -2.14. The van der Waals surface area contributed by atoms with Crippen molar-refractivity contribution in [1.82, 2.24) is 4.98 Å². The van der Waals surface area contributed by atoms with Crippen LogP contribution in [0, 0.1) is 0 Å². The van der Waals surface area contributed by atoms with Crippen molar-refractivity contribution in [3.05, 3.63) is 52.8 Å². The van der Waals surface area contributed by atoms with Gasteiger partial charge in [0.2, 0.25) is 0 Å². The molecule has 0 fully saturated rings. The van der Waals surface area contributed by atoms with Gasteiger partial charge >= 0.3 is 0 Å². The molecule has 0 spiro atoms. The Balaban J connectivity index is 2.19. The van der Waals surface area contributed by atoms with E-state index in [9.17, 15) is 4.79 Å². The average molecular weight is 337 g/mol. The van der Waals surface area contributed by atoms with Gasteiger partial charge in [-0.3, -0.25) is 4.79 Å². The van der Waals surface area contributed by atoms with Crippen LogP contribution in [0.2, 0.25) is 0 Å². The number of aromatic nitrogens is 1. The van der Waals surface area contributed by atoms with E-state index in [0.717, 1.165) is 16.3 Å². The highest BCUT2D eigenvalue weighted by molar-refractivity contribution is 9.10. The Bertz CT molecular complexity index is 589. The van der Waals surface area contributed by atoms with E-state index in [4.69, 9.17) is 0 Å². The molecule has 0 aliphatic heterocycles. The van der Waals surface area contributed by atoms with Gasteiger partial charge in [0, 0.05) is 4.90 Å². The van der Waals surface area contributed by atoms with Crippen molar-refractivity contribution in [2.45, 2.75) is 11.8 Å². The fourth-order valence-electron chi connectivity index (χ4n) is 1.57. The van der Waals surface area contributed by atoms with Crippen LogP contribution in [0.4, 0.5) is 5.69 Å². The van der Waals surface area contributed by atoms with E-state index in [1.807, 2.05) is 24.3 Å². The quantitative estimate of drug-likeness (QED) is 0.671. The van der Waals surface area contributed by atoms with Gasteiger partial charge in [0.1, 0.15) is 10.3 Å². The molecule has 3 nitrogen and oxygen atoms in total. The number of para-hydroxylation sites is 1. The summed E-state index contributed by atoms with van der Waals surface area (Å²) in [5.41, 5.74) is 1.21. The van der Waals surface area contributed by atoms with Crippen LogP contribution in [0.5, 0.6) is 0 Å². The summed E-state index contributed by atoms with van der Waals surface area (Å²) in [7, 11) is 0. The van der Waals surface area contributed by atoms with E-state index in [1.165, 1.54) is 0 Å². The van der Waals surface area contributed by atoms with Crippen LogP contribution in [0.1, 0.15) is 17.4 Å². The number of halogens is 1. The maximum absolute atomic E-state index is 12.1. The number of nitrogens with zero attached hydrogens (tertiary/aromatic N) is 1.